The van der Waals surface area contributed by atoms with Crippen molar-refractivity contribution in [3.63, 3.8) is 0 Å². The van der Waals surface area contributed by atoms with Crippen molar-refractivity contribution in [2.75, 3.05) is 24.2 Å². The SMILES string of the molecule is CN(CC(C)(C)C#N)c1c(O[C@H]2CC[C@H](N)CC2)ccc2c1CC(C)(C)c1c(N)ncnc1-2. The molecule has 7 nitrogen and oxygen atoms in total. The van der Waals surface area contributed by atoms with Gasteiger partial charge in [-0.25, -0.2) is 9.97 Å². The zero-order valence-electron chi connectivity index (χ0n) is 20.5. The van der Waals surface area contributed by atoms with E-state index in [1.165, 1.54) is 11.9 Å². The Morgan fingerprint density at radius 1 is 1.21 bits per heavy atom. The molecule has 1 saturated carbocycles. The third-order valence-corrected chi connectivity index (χ3v) is 7.00. The lowest BCUT2D eigenvalue weighted by Crippen LogP contribution is -2.35. The van der Waals surface area contributed by atoms with Crippen LogP contribution in [0.3, 0.4) is 0 Å². The van der Waals surface area contributed by atoms with Gasteiger partial charge in [0.05, 0.1) is 29.0 Å². The van der Waals surface area contributed by atoms with Crippen molar-refractivity contribution in [2.24, 2.45) is 11.1 Å². The summed E-state index contributed by atoms with van der Waals surface area (Å²) in [5, 5.41) is 9.68. The van der Waals surface area contributed by atoms with E-state index in [-0.39, 0.29) is 17.6 Å². The van der Waals surface area contributed by atoms with Crippen molar-refractivity contribution in [3.05, 3.63) is 29.6 Å². The van der Waals surface area contributed by atoms with E-state index >= 15 is 0 Å². The number of rotatable bonds is 5. The Balaban J connectivity index is 1.84. The topological polar surface area (TPSA) is 114 Å². The molecule has 4 N–H and O–H groups in total. The summed E-state index contributed by atoms with van der Waals surface area (Å²) in [5.74, 6) is 1.40. The lowest BCUT2D eigenvalue weighted by Gasteiger charge is -2.38. The van der Waals surface area contributed by atoms with Crippen LogP contribution in [0.4, 0.5) is 11.5 Å². The number of benzene rings is 1. The highest BCUT2D eigenvalue weighted by atomic mass is 16.5. The molecule has 1 aromatic heterocycles. The van der Waals surface area contributed by atoms with Gasteiger partial charge in [0, 0.05) is 30.8 Å². The van der Waals surface area contributed by atoms with E-state index in [1.807, 2.05) is 13.8 Å². The van der Waals surface area contributed by atoms with Gasteiger partial charge >= 0.3 is 0 Å². The first-order valence-electron chi connectivity index (χ1n) is 11.8. The maximum absolute atomic E-state index is 9.68. The van der Waals surface area contributed by atoms with E-state index in [0.717, 1.165) is 60.4 Å². The monoisotopic (exact) mass is 448 g/mol. The van der Waals surface area contributed by atoms with Crippen LogP contribution in [0.25, 0.3) is 11.3 Å². The predicted molar refractivity (Wildman–Crippen MR) is 132 cm³/mol. The molecule has 2 aliphatic carbocycles. The number of aromatic nitrogens is 2. The van der Waals surface area contributed by atoms with Crippen LogP contribution in [0.2, 0.25) is 0 Å². The fourth-order valence-corrected chi connectivity index (χ4v) is 5.42. The molecule has 1 aromatic carbocycles. The Kier molecular flexibility index (Phi) is 6.00. The van der Waals surface area contributed by atoms with Crippen molar-refractivity contribution in [2.45, 2.75) is 77.4 Å². The number of fused-ring (bicyclic) bond motifs is 3. The van der Waals surface area contributed by atoms with Gasteiger partial charge in [-0.2, -0.15) is 5.26 Å². The van der Waals surface area contributed by atoms with Gasteiger partial charge in [0.25, 0.3) is 0 Å². The maximum Gasteiger partial charge on any atom is 0.143 e. The Morgan fingerprint density at radius 3 is 2.58 bits per heavy atom. The van der Waals surface area contributed by atoms with Crippen LogP contribution >= 0.6 is 0 Å². The molecule has 0 aliphatic heterocycles. The second-order valence-corrected chi connectivity index (χ2v) is 11.0. The molecule has 0 amide bonds. The van der Waals surface area contributed by atoms with Crippen LogP contribution in [-0.4, -0.2) is 35.7 Å². The number of nitrogen functional groups attached to an aromatic ring is 1. The lowest BCUT2D eigenvalue weighted by molar-refractivity contribution is 0.147. The zero-order valence-corrected chi connectivity index (χ0v) is 20.5. The summed E-state index contributed by atoms with van der Waals surface area (Å²) in [6, 6.07) is 6.86. The normalized spacial score (nSPS) is 21.5. The van der Waals surface area contributed by atoms with Crippen molar-refractivity contribution in [1.29, 1.82) is 5.26 Å². The first-order chi connectivity index (χ1) is 15.5. The Hall–Kier alpha value is -2.85. The Morgan fingerprint density at radius 2 is 1.91 bits per heavy atom. The molecule has 0 bridgehead atoms. The standard InChI is InChI=1S/C26H36N6O/c1-25(2,13-27)14-32(5)23-19-12-26(3,4)21-22(30-15-31-24(21)29)18(19)10-11-20(23)33-17-8-6-16(28)7-9-17/h10-11,15-17H,6-9,12,14,28H2,1-5H3,(H2,29,30,31)/t16-,17-. The number of nitrogens with two attached hydrogens (primary N) is 2. The molecule has 0 atom stereocenters. The quantitative estimate of drug-likeness (QED) is 0.705. The molecule has 2 aliphatic rings. The second kappa shape index (κ2) is 8.49. The molecule has 0 unspecified atom stereocenters. The third-order valence-electron chi connectivity index (χ3n) is 7.00. The predicted octanol–water partition coefficient (Wildman–Crippen LogP) is 4.19. The molecule has 33 heavy (non-hydrogen) atoms. The summed E-state index contributed by atoms with van der Waals surface area (Å²) in [4.78, 5) is 11.1. The van der Waals surface area contributed by atoms with E-state index in [2.05, 4.69) is 54.0 Å². The van der Waals surface area contributed by atoms with Crippen LogP contribution in [-0.2, 0) is 11.8 Å². The highest BCUT2D eigenvalue weighted by Crippen LogP contribution is 2.49. The smallest absolute Gasteiger partial charge is 0.143 e. The van der Waals surface area contributed by atoms with Gasteiger partial charge < -0.3 is 21.1 Å². The second-order valence-electron chi connectivity index (χ2n) is 11.0. The van der Waals surface area contributed by atoms with E-state index in [9.17, 15) is 5.26 Å². The number of hydrogen-bond donors (Lipinski definition) is 2. The Bertz CT molecular complexity index is 1080. The fraction of sp³-hybridized carbons (Fsp3) is 0.577. The van der Waals surface area contributed by atoms with Gasteiger partial charge in [-0.1, -0.05) is 13.8 Å². The van der Waals surface area contributed by atoms with Gasteiger partial charge in [0.1, 0.15) is 17.9 Å². The van der Waals surface area contributed by atoms with E-state index in [1.54, 1.807) is 0 Å². The van der Waals surface area contributed by atoms with Crippen LogP contribution in [0.15, 0.2) is 18.5 Å². The highest BCUT2D eigenvalue weighted by molar-refractivity contribution is 5.83. The summed E-state index contributed by atoms with van der Waals surface area (Å²) in [5.41, 5.74) is 16.9. The van der Waals surface area contributed by atoms with Gasteiger partial charge in [-0.15, -0.1) is 0 Å². The molecule has 0 spiro atoms. The number of nitrogens with zero attached hydrogens (tertiary/aromatic N) is 4. The number of nitriles is 1. The van der Waals surface area contributed by atoms with Crippen molar-refractivity contribution in [3.8, 4) is 23.1 Å². The minimum Gasteiger partial charge on any atom is -0.488 e. The Labute approximate surface area is 197 Å². The summed E-state index contributed by atoms with van der Waals surface area (Å²) in [6.45, 7) is 8.90. The molecule has 2 aromatic rings. The molecule has 0 radical (unpaired) electrons. The third kappa shape index (κ3) is 4.49. The number of ether oxygens (including phenoxy) is 1. The van der Waals surface area contributed by atoms with Gasteiger partial charge in [0.2, 0.25) is 0 Å². The first kappa shape index (κ1) is 23.3. The summed E-state index contributed by atoms with van der Waals surface area (Å²) in [7, 11) is 2.05. The lowest BCUT2D eigenvalue weighted by atomic mass is 9.71. The van der Waals surface area contributed by atoms with Crippen LogP contribution in [0.1, 0.15) is 64.5 Å². The minimum absolute atomic E-state index is 0.154. The molecule has 1 fully saturated rings. The summed E-state index contributed by atoms with van der Waals surface area (Å²) in [6.07, 6.45) is 6.37. The largest absolute Gasteiger partial charge is 0.488 e. The minimum atomic E-state index is -0.499. The molecule has 1 heterocycles. The van der Waals surface area contributed by atoms with Crippen LogP contribution in [0, 0.1) is 16.7 Å². The van der Waals surface area contributed by atoms with Gasteiger partial charge in [0.15, 0.2) is 0 Å². The van der Waals surface area contributed by atoms with Crippen molar-refractivity contribution >= 4 is 11.5 Å². The molecule has 7 heteroatoms. The van der Waals surface area contributed by atoms with Crippen molar-refractivity contribution in [1.82, 2.24) is 9.97 Å². The zero-order chi connectivity index (χ0) is 24.0. The van der Waals surface area contributed by atoms with Gasteiger partial charge in [-0.05, 0) is 69.1 Å². The van der Waals surface area contributed by atoms with Crippen molar-refractivity contribution < 1.29 is 4.74 Å². The summed E-state index contributed by atoms with van der Waals surface area (Å²) < 4.78 is 6.61. The van der Waals surface area contributed by atoms with Crippen LogP contribution < -0.4 is 21.1 Å². The highest BCUT2D eigenvalue weighted by Gasteiger charge is 2.38. The number of anilines is 2. The molecule has 176 valence electrons. The molecule has 4 rings (SSSR count). The first-order valence-corrected chi connectivity index (χ1v) is 11.8. The van der Waals surface area contributed by atoms with E-state index in [0.29, 0.717) is 12.4 Å². The molecule has 0 saturated heterocycles. The number of hydrogen-bond acceptors (Lipinski definition) is 7. The summed E-state index contributed by atoms with van der Waals surface area (Å²) >= 11 is 0. The maximum atomic E-state index is 9.68. The molecular formula is C26H36N6O. The van der Waals surface area contributed by atoms with E-state index < -0.39 is 5.41 Å². The van der Waals surface area contributed by atoms with Crippen LogP contribution in [0.5, 0.6) is 5.75 Å². The van der Waals surface area contributed by atoms with Gasteiger partial charge in [-0.3, -0.25) is 0 Å². The fourth-order valence-electron chi connectivity index (χ4n) is 5.42. The average molecular weight is 449 g/mol. The molecular weight excluding hydrogens is 412 g/mol. The average Bonchev–Trinajstić information content (AvgIpc) is 2.74. The van der Waals surface area contributed by atoms with E-state index in [4.69, 9.17) is 16.2 Å².